The Balaban J connectivity index is 0.00000256. The van der Waals surface area contributed by atoms with Crippen LogP contribution in [0.25, 0.3) is 0 Å². The van der Waals surface area contributed by atoms with Gasteiger partial charge in [0.25, 0.3) is 0 Å². The minimum absolute atomic E-state index is 0. The number of likely N-dealkylation sites (tertiary alicyclic amines) is 2. The van der Waals surface area contributed by atoms with Gasteiger partial charge in [-0.3, -0.25) is 14.6 Å². The molecule has 8 heteroatoms. The molecule has 4 heterocycles. The predicted octanol–water partition coefficient (Wildman–Crippen LogP) is 2.51. The highest BCUT2D eigenvalue weighted by atomic mass is 127. The molecule has 3 aliphatic rings. The number of guanidine groups is 1. The quantitative estimate of drug-likeness (QED) is 0.348. The molecule has 0 radical (unpaired) electrons. The molecular weight excluding hydrogens is 491 g/mol. The van der Waals surface area contributed by atoms with E-state index in [4.69, 9.17) is 9.73 Å². The van der Waals surface area contributed by atoms with Gasteiger partial charge in [0.2, 0.25) is 0 Å². The molecule has 0 amide bonds. The SMILES string of the molecule is CCNC(=NCC1(N2CCCC2)CCOCC1)N1CCC(Cc2cnn(C)c2)C1.I. The lowest BCUT2D eigenvalue weighted by atomic mass is 9.88. The number of aryl methyl sites for hydroxylation is 1. The Hall–Kier alpha value is -0.870. The Kier molecular flexibility index (Phi) is 8.82. The van der Waals surface area contributed by atoms with E-state index in [9.17, 15) is 0 Å². The summed E-state index contributed by atoms with van der Waals surface area (Å²) in [4.78, 5) is 10.4. The number of nitrogens with one attached hydrogen (secondary N) is 1. The molecule has 0 aliphatic carbocycles. The summed E-state index contributed by atoms with van der Waals surface area (Å²) in [6.45, 7) is 10.4. The molecule has 3 saturated heterocycles. The molecule has 4 rings (SSSR count). The van der Waals surface area contributed by atoms with E-state index in [1.165, 1.54) is 37.9 Å². The molecule has 30 heavy (non-hydrogen) atoms. The average molecular weight is 530 g/mol. The zero-order valence-electron chi connectivity index (χ0n) is 18.7. The van der Waals surface area contributed by atoms with Crippen LogP contribution in [0.2, 0.25) is 0 Å². The van der Waals surface area contributed by atoms with Gasteiger partial charge in [-0.05, 0) is 70.0 Å². The molecule has 1 N–H and O–H groups in total. The highest BCUT2D eigenvalue weighted by Gasteiger charge is 2.40. The van der Waals surface area contributed by atoms with Crippen LogP contribution in [0.15, 0.2) is 17.4 Å². The molecular formula is C22H39IN6O. The number of rotatable bonds is 6. The van der Waals surface area contributed by atoms with E-state index in [0.29, 0.717) is 5.92 Å². The van der Waals surface area contributed by atoms with Crippen molar-refractivity contribution in [2.75, 3.05) is 52.5 Å². The van der Waals surface area contributed by atoms with Crippen molar-refractivity contribution in [2.24, 2.45) is 18.0 Å². The average Bonchev–Trinajstić information content (AvgIpc) is 3.49. The standard InChI is InChI=1S/C22H38N6O.HI/c1-3-23-21(27-11-6-19(17-27)14-20-15-25-26(2)16-20)24-18-22(7-12-29-13-8-22)28-9-4-5-10-28;/h15-16,19H,3-14,17-18H2,1-2H3,(H,23,24);1H. The zero-order valence-corrected chi connectivity index (χ0v) is 21.0. The number of hydrogen-bond donors (Lipinski definition) is 1. The van der Waals surface area contributed by atoms with Crippen LogP contribution in [0.1, 0.15) is 44.6 Å². The number of aromatic nitrogens is 2. The van der Waals surface area contributed by atoms with E-state index in [1.54, 1.807) is 0 Å². The number of aliphatic imine (C=N–C) groups is 1. The van der Waals surface area contributed by atoms with E-state index in [-0.39, 0.29) is 29.5 Å². The summed E-state index contributed by atoms with van der Waals surface area (Å²) in [7, 11) is 1.99. The van der Waals surface area contributed by atoms with Crippen LogP contribution in [-0.2, 0) is 18.2 Å². The zero-order chi connectivity index (χ0) is 20.1. The number of ether oxygens (including phenoxy) is 1. The van der Waals surface area contributed by atoms with Gasteiger partial charge in [0.05, 0.1) is 12.7 Å². The monoisotopic (exact) mass is 530 g/mol. The smallest absolute Gasteiger partial charge is 0.193 e. The fourth-order valence-corrected chi connectivity index (χ4v) is 5.27. The molecule has 0 spiro atoms. The number of nitrogens with zero attached hydrogens (tertiary/aromatic N) is 5. The summed E-state index contributed by atoms with van der Waals surface area (Å²) in [5, 5.41) is 7.89. The lowest BCUT2D eigenvalue weighted by Crippen LogP contribution is -2.54. The molecule has 7 nitrogen and oxygen atoms in total. The maximum absolute atomic E-state index is 5.70. The number of hydrogen-bond acceptors (Lipinski definition) is 4. The summed E-state index contributed by atoms with van der Waals surface area (Å²) in [5.74, 6) is 1.78. The van der Waals surface area contributed by atoms with Crippen molar-refractivity contribution in [1.29, 1.82) is 0 Å². The normalized spacial score (nSPS) is 24.8. The Morgan fingerprint density at radius 2 is 2.03 bits per heavy atom. The maximum atomic E-state index is 5.70. The van der Waals surface area contributed by atoms with Gasteiger partial charge in [-0.1, -0.05) is 0 Å². The largest absolute Gasteiger partial charge is 0.381 e. The van der Waals surface area contributed by atoms with Gasteiger partial charge in [-0.15, -0.1) is 24.0 Å². The van der Waals surface area contributed by atoms with Gasteiger partial charge in [-0.2, -0.15) is 5.10 Å². The first-order valence-electron chi connectivity index (χ1n) is 11.5. The van der Waals surface area contributed by atoms with Crippen LogP contribution in [-0.4, -0.2) is 83.6 Å². The van der Waals surface area contributed by atoms with E-state index >= 15 is 0 Å². The van der Waals surface area contributed by atoms with Gasteiger partial charge in [-0.25, -0.2) is 0 Å². The minimum Gasteiger partial charge on any atom is -0.381 e. The van der Waals surface area contributed by atoms with Gasteiger partial charge < -0.3 is 15.0 Å². The molecule has 0 aromatic carbocycles. The summed E-state index contributed by atoms with van der Waals surface area (Å²) >= 11 is 0. The highest BCUT2D eigenvalue weighted by Crippen LogP contribution is 2.32. The van der Waals surface area contributed by atoms with E-state index in [0.717, 1.165) is 64.6 Å². The van der Waals surface area contributed by atoms with Gasteiger partial charge in [0, 0.05) is 51.6 Å². The Morgan fingerprint density at radius 1 is 1.27 bits per heavy atom. The first kappa shape index (κ1) is 23.8. The molecule has 3 fully saturated rings. The second-order valence-electron chi connectivity index (χ2n) is 9.03. The van der Waals surface area contributed by atoms with Gasteiger partial charge in [0.15, 0.2) is 5.96 Å². The van der Waals surface area contributed by atoms with E-state index < -0.39 is 0 Å². The summed E-state index contributed by atoms with van der Waals surface area (Å²) in [6.07, 6.45) is 11.4. The molecule has 1 aromatic rings. The lowest BCUT2D eigenvalue weighted by molar-refractivity contribution is -0.0139. The maximum Gasteiger partial charge on any atom is 0.193 e. The third kappa shape index (κ3) is 5.68. The van der Waals surface area contributed by atoms with Crippen molar-refractivity contribution >= 4 is 29.9 Å². The second kappa shape index (κ2) is 11.1. The first-order valence-corrected chi connectivity index (χ1v) is 11.5. The van der Waals surface area contributed by atoms with Crippen LogP contribution < -0.4 is 5.32 Å². The van der Waals surface area contributed by atoms with Crippen molar-refractivity contribution in [3.63, 3.8) is 0 Å². The van der Waals surface area contributed by atoms with Gasteiger partial charge >= 0.3 is 0 Å². The Labute approximate surface area is 198 Å². The van der Waals surface area contributed by atoms with Crippen LogP contribution in [0.4, 0.5) is 0 Å². The molecule has 1 unspecified atom stereocenters. The molecule has 0 saturated carbocycles. The third-order valence-electron chi connectivity index (χ3n) is 6.93. The molecule has 3 aliphatic heterocycles. The second-order valence-corrected chi connectivity index (χ2v) is 9.03. The molecule has 1 aromatic heterocycles. The van der Waals surface area contributed by atoms with Crippen molar-refractivity contribution in [2.45, 2.75) is 51.0 Å². The fraction of sp³-hybridized carbons (Fsp3) is 0.818. The summed E-state index contributed by atoms with van der Waals surface area (Å²) < 4.78 is 7.60. The van der Waals surface area contributed by atoms with Crippen molar-refractivity contribution < 1.29 is 4.74 Å². The molecule has 0 bridgehead atoms. The third-order valence-corrected chi connectivity index (χ3v) is 6.93. The van der Waals surface area contributed by atoms with Crippen molar-refractivity contribution in [3.05, 3.63) is 18.0 Å². The lowest BCUT2D eigenvalue weighted by Gasteiger charge is -2.43. The van der Waals surface area contributed by atoms with Crippen LogP contribution in [0.5, 0.6) is 0 Å². The molecule has 1 atom stereocenters. The van der Waals surface area contributed by atoms with E-state index in [2.05, 4.69) is 33.3 Å². The van der Waals surface area contributed by atoms with E-state index in [1.807, 2.05) is 17.9 Å². The van der Waals surface area contributed by atoms with Crippen molar-refractivity contribution in [1.82, 2.24) is 24.9 Å². The summed E-state index contributed by atoms with van der Waals surface area (Å²) in [5.41, 5.74) is 1.54. The predicted molar refractivity (Wildman–Crippen MR) is 132 cm³/mol. The Morgan fingerprint density at radius 3 is 2.70 bits per heavy atom. The van der Waals surface area contributed by atoms with Crippen molar-refractivity contribution in [3.8, 4) is 0 Å². The molecule has 170 valence electrons. The Bertz CT molecular complexity index is 681. The van der Waals surface area contributed by atoms with Crippen LogP contribution in [0, 0.1) is 5.92 Å². The minimum atomic E-state index is 0. The van der Waals surface area contributed by atoms with Crippen LogP contribution >= 0.6 is 24.0 Å². The highest BCUT2D eigenvalue weighted by molar-refractivity contribution is 14.0. The number of halogens is 1. The summed E-state index contributed by atoms with van der Waals surface area (Å²) in [6, 6.07) is 0. The first-order chi connectivity index (χ1) is 14.2. The van der Waals surface area contributed by atoms with Crippen LogP contribution in [0.3, 0.4) is 0 Å². The fourth-order valence-electron chi connectivity index (χ4n) is 5.27. The topological polar surface area (TPSA) is 57.9 Å². The van der Waals surface area contributed by atoms with Gasteiger partial charge in [0.1, 0.15) is 0 Å².